The minimum Gasteiger partial charge on any atom is -0.336 e. The predicted molar refractivity (Wildman–Crippen MR) is 152 cm³/mol. The molecule has 9 heteroatoms. The highest BCUT2D eigenvalue weighted by molar-refractivity contribution is 7.91. The van der Waals surface area contributed by atoms with E-state index >= 15 is 0 Å². The fourth-order valence-electron chi connectivity index (χ4n) is 6.37. The van der Waals surface area contributed by atoms with E-state index in [4.69, 9.17) is 0 Å². The van der Waals surface area contributed by atoms with E-state index in [1.807, 2.05) is 64.9 Å². The van der Waals surface area contributed by atoms with Gasteiger partial charge in [-0.2, -0.15) is 0 Å². The molecule has 2 aromatic carbocycles. The van der Waals surface area contributed by atoms with Crippen LogP contribution >= 0.6 is 0 Å². The lowest BCUT2D eigenvalue weighted by atomic mass is 10.1. The Bertz CT molecular complexity index is 1500. The first-order valence-corrected chi connectivity index (χ1v) is 15.9. The molecule has 0 bridgehead atoms. The molecule has 3 aromatic rings. The van der Waals surface area contributed by atoms with Gasteiger partial charge < -0.3 is 14.4 Å². The van der Waals surface area contributed by atoms with E-state index in [1.165, 1.54) is 25.7 Å². The molecule has 0 N–H and O–H groups in total. The molecule has 0 spiro atoms. The number of hydrogen-bond donors (Lipinski definition) is 0. The van der Waals surface area contributed by atoms with Crippen LogP contribution in [0.15, 0.2) is 48.5 Å². The van der Waals surface area contributed by atoms with Gasteiger partial charge >= 0.3 is 0 Å². The maximum absolute atomic E-state index is 13.7. The van der Waals surface area contributed by atoms with Crippen molar-refractivity contribution in [1.29, 1.82) is 0 Å². The molecule has 0 unspecified atom stereocenters. The maximum atomic E-state index is 13.7. The molecule has 1 aliphatic carbocycles. The van der Waals surface area contributed by atoms with E-state index in [0.29, 0.717) is 17.3 Å². The Hall–Kier alpha value is -3.17. The van der Waals surface area contributed by atoms with Crippen LogP contribution in [0.3, 0.4) is 0 Å². The lowest BCUT2D eigenvalue weighted by molar-refractivity contribution is 0.0573. The van der Waals surface area contributed by atoms with Gasteiger partial charge in [0.25, 0.3) is 11.8 Å². The topological polar surface area (TPSA) is 82.9 Å². The highest BCUT2D eigenvalue weighted by Gasteiger charge is 2.30. The van der Waals surface area contributed by atoms with Gasteiger partial charge in [-0.1, -0.05) is 25.0 Å². The van der Waals surface area contributed by atoms with Gasteiger partial charge in [-0.25, -0.2) is 8.42 Å². The molecule has 0 radical (unpaired) electrons. The van der Waals surface area contributed by atoms with Gasteiger partial charge in [0.2, 0.25) is 0 Å². The van der Waals surface area contributed by atoms with Gasteiger partial charge in [-0.05, 0) is 61.7 Å². The van der Waals surface area contributed by atoms with Crippen molar-refractivity contribution in [1.82, 2.24) is 19.3 Å². The molecule has 3 heterocycles. The standard InChI is InChI=1S/C30H36N4O4S/c1-22-5-4-8-26(19-22)34-27-10-9-23(29(35)32-13-11-31(12-14-32)25-6-2-3-7-25)20-24(27)21-28(34)30(36)33-15-17-39(37,38)18-16-33/h4-5,8-10,19-21,25H,2-3,6-7,11-18H2,1H3. The van der Waals surface area contributed by atoms with Crippen LogP contribution in [0.4, 0.5) is 0 Å². The molecule has 3 aliphatic rings. The molecular weight excluding hydrogens is 512 g/mol. The number of carbonyl (C=O) groups excluding carboxylic acids is 2. The number of sulfone groups is 1. The zero-order valence-electron chi connectivity index (χ0n) is 22.5. The summed E-state index contributed by atoms with van der Waals surface area (Å²) in [5, 5.41) is 0.819. The summed E-state index contributed by atoms with van der Waals surface area (Å²) in [6.07, 6.45) is 5.18. The Labute approximate surface area is 230 Å². The highest BCUT2D eigenvalue weighted by Crippen LogP contribution is 2.29. The highest BCUT2D eigenvalue weighted by atomic mass is 32.2. The van der Waals surface area contributed by atoms with Crippen LogP contribution in [-0.4, -0.2) is 96.3 Å². The number of aryl methyl sites for hydroxylation is 1. The SMILES string of the molecule is Cc1cccc(-n2c(C(=O)N3CCS(=O)(=O)CC3)cc3cc(C(=O)N4CCN(C5CCCC5)CC4)ccc32)c1. The summed E-state index contributed by atoms with van der Waals surface area (Å²) in [5.74, 6) is -0.203. The van der Waals surface area contributed by atoms with Gasteiger partial charge in [0.1, 0.15) is 5.69 Å². The summed E-state index contributed by atoms with van der Waals surface area (Å²) >= 11 is 0. The second-order valence-corrected chi connectivity index (χ2v) is 13.5. The van der Waals surface area contributed by atoms with Crippen molar-refractivity contribution in [3.8, 4) is 5.69 Å². The number of rotatable bonds is 4. The van der Waals surface area contributed by atoms with E-state index in [0.717, 1.165) is 48.3 Å². The van der Waals surface area contributed by atoms with Crippen LogP contribution in [0.1, 0.15) is 52.1 Å². The summed E-state index contributed by atoms with van der Waals surface area (Å²) in [4.78, 5) is 33.3. The Kier molecular flexibility index (Phi) is 6.97. The summed E-state index contributed by atoms with van der Waals surface area (Å²) in [6.45, 7) is 5.70. The van der Waals surface area contributed by atoms with Crippen LogP contribution in [0.2, 0.25) is 0 Å². The largest absolute Gasteiger partial charge is 0.336 e. The van der Waals surface area contributed by atoms with Crippen molar-refractivity contribution in [2.75, 3.05) is 50.8 Å². The monoisotopic (exact) mass is 548 g/mol. The number of amides is 2. The fraction of sp³-hybridized carbons (Fsp3) is 0.467. The Morgan fingerprint density at radius 2 is 1.49 bits per heavy atom. The number of nitrogens with zero attached hydrogens (tertiary/aromatic N) is 4. The molecule has 1 aromatic heterocycles. The minimum atomic E-state index is -3.10. The maximum Gasteiger partial charge on any atom is 0.270 e. The molecule has 8 nitrogen and oxygen atoms in total. The summed E-state index contributed by atoms with van der Waals surface area (Å²) in [5.41, 5.74) is 3.88. The Morgan fingerprint density at radius 3 is 2.18 bits per heavy atom. The second kappa shape index (κ2) is 10.4. The normalized spacial score (nSPS) is 20.5. The predicted octanol–water partition coefficient (Wildman–Crippen LogP) is 3.51. The first-order chi connectivity index (χ1) is 18.8. The van der Waals surface area contributed by atoms with Crippen molar-refractivity contribution in [3.63, 3.8) is 0 Å². The quantitative estimate of drug-likeness (QED) is 0.498. The molecule has 39 heavy (non-hydrogen) atoms. The van der Waals surface area contributed by atoms with Crippen LogP contribution in [0.5, 0.6) is 0 Å². The number of hydrogen-bond acceptors (Lipinski definition) is 5. The lowest BCUT2D eigenvalue weighted by Gasteiger charge is -2.38. The first kappa shape index (κ1) is 26.1. The summed E-state index contributed by atoms with van der Waals surface area (Å²) < 4.78 is 25.8. The molecule has 1 saturated carbocycles. The zero-order valence-corrected chi connectivity index (χ0v) is 23.3. The third-order valence-electron chi connectivity index (χ3n) is 8.60. The van der Waals surface area contributed by atoms with E-state index < -0.39 is 9.84 Å². The smallest absolute Gasteiger partial charge is 0.270 e. The third-order valence-corrected chi connectivity index (χ3v) is 10.2. The van der Waals surface area contributed by atoms with Crippen LogP contribution in [-0.2, 0) is 9.84 Å². The van der Waals surface area contributed by atoms with Gasteiger partial charge in [-0.3, -0.25) is 14.5 Å². The molecule has 3 fully saturated rings. The second-order valence-electron chi connectivity index (χ2n) is 11.2. The molecule has 6 rings (SSSR count). The summed E-state index contributed by atoms with van der Waals surface area (Å²) in [7, 11) is -3.10. The molecule has 2 saturated heterocycles. The van der Waals surface area contributed by atoms with E-state index in [2.05, 4.69) is 4.90 Å². The number of benzene rings is 2. The van der Waals surface area contributed by atoms with Crippen molar-refractivity contribution >= 4 is 32.6 Å². The van der Waals surface area contributed by atoms with Crippen LogP contribution in [0, 0.1) is 6.92 Å². The van der Waals surface area contributed by atoms with Crippen molar-refractivity contribution in [2.45, 2.75) is 38.6 Å². The molecule has 0 atom stereocenters. The van der Waals surface area contributed by atoms with E-state index in [1.54, 1.807) is 4.90 Å². The number of carbonyl (C=O) groups is 2. The Balaban J connectivity index is 1.30. The molecule has 2 amide bonds. The van der Waals surface area contributed by atoms with Gasteiger partial charge in [0, 0.05) is 61.9 Å². The summed E-state index contributed by atoms with van der Waals surface area (Å²) in [6, 6.07) is 16.2. The van der Waals surface area contributed by atoms with E-state index in [-0.39, 0.29) is 36.4 Å². The van der Waals surface area contributed by atoms with Crippen molar-refractivity contribution in [3.05, 3.63) is 65.4 Å². The lowest BCUT2D eigenvalue weighted by Crippen LogP contribution is -2.51. The fourth-order valence-corrected chi connectivity index (χ4v) is 7.57. The number of fused-ring (bicyclic) bond motifs is 1. The average molecular weight is 549 g/mol. The molecule has 2 aliphatic heterocycles. The number of aromatic nitrogens is 1. The number of piperazine rings is 1. The molecule has 206 valence electrons. The average Bonchev–Trinajstić information content (AvgIpc) is 3.61. The Morgan fingerprint density at radius 1 is 0.795 bits per heavy atom. The van der Waals surface area contributed by atoms with Gasteiger partial charge in [0.05, 0.1) is 17.0 Å². The van der Waals surface area contributed by atoms with Crippen molar-refractivity contribution < 1.29 is 18.0 Å². The minimum absolute atomic E-state index is 0.0178. The molecular formula is C30H36N4O4S. The van der Waals surface area contributed by atoms with E-state index in [9.17, 15) is 18.0 Å². The van der Waals surface area contributed by atoms with Gasteiger partial charge in [0.15, 0.2) is 9.84 Å². The van der Waals surface area contributed by atoms with Crippen LogP contribution < -0.4 is 0 Å². The third kappa shape index (κ3) is 5.22. The van der Waals surface area contributed by atoms with Crippen molar-refractivity contribution in [2.24, 2.45) is 0 Å². The van der Waals surface area contributed by atoms with Gasteiger partial charge in [-0.15, -0.1) is 0 Å². The van der Waals surface area contributed by atoms with Crippen LogP contribution in [0.25, 0.3) is 16.6 Å². The first-order valence-electron chi connectivity index (χ1n) is 14.0. The zero-order chi connectivity index (χ0) is 27.1.